The van der Waals surface area contributed by atoms with E-state index in [4.69, 9.17) is 4.74 Å². The molecule has 0 amide bonds. The molecule has 0 aliphatic carbocycles. The molecule has 5 rings (SSSR count). The second-order valence-corrected chi connectivity index (χ2v) is 11.0. The fourth-order valence-corrected chi connectivity index (χ4v) is 6.17. The van der Waals surface area contributed by atoms with Gasteiger partial charge in [0.2, 0.25) is 0 Å². The number of ether oxygens (including phenoxy) is 1. The molecule has 0 bridgehead atoms. The normalized spacial score (nSPS) is 16.0. The third-order valence-electron chi connectivity index (χ3n) is 5.18. The summed E-state index contributed by atoms with van der Waals surface area (Å²) >= 11 is 0. The minimum Gasteiger partial charge on any atom is -0.377 e. The first-order valence-corrected chi connectivity index (χ1v) is 12.5. The molecule has 4 heterocycles. The second-order valence-electron chi connectivity index (χ2n) is 7.02. The minimum absolute atomic E-state index is 0.0442. The van der Waals surface area contributed by atoms with Crippen LogP contribution in [0.2, 0.25) is 0 Å². The minimum atomic E-state index is -1.00. The molecule has 3 aromatic heterocycles. The average molecular weight is 426 g/mol. The molecule has 2 atom stereocenters. The molecule has 0 spiro atoms. The number of aromatic nitrogens is 4. The highest BCUT2D eigenvalue weighted by molar-refractivity contribution is 8.41. The highest BCUT2D eigenvalue weighted by Gasteiger charge is 2.27. The average Bonchev–Trinajstić information content (AvgIpc) is 2.94. The summed E-state index contributed by atoms with van der Waals surface area (Å²) in [5.41, 5.74) is 2.30. The molecular formula is C20H19N4O3PS. The predicted molar refractivity (Wildman–Crippen MR) is 117 cm³/mol. The maximum Gasteiger partial charge on any atom is 0.329 e. The Balaban J connectivity index is 1.69. The first-order chi connectivity index (χ1) is 14.1. The SMILES string of the molecule is CS(=O)Pc1c(Cn2c(=O)n(C3COC3)c3ccncc32)ncc2ccccc12. The zero-order valence-corrected chi connectivity index (χ0v) is 17.6. The Bertz CT molecular complexity index is 1310. The first-order valence-electron chi connectivity index (χ1n) is 9.22. The van der Waals surface area contributed by atoms with E-state index in [2.05, 4.69) is 9.97 Å². The Morgan fingerprint density at radius 1 is 1.21 bits per heavy atom. The number of imidazole rings is 1. The molecule has 1 aromatic carbocycles. The summed E-state index contributed by atoms with van der Waals surface area (Å²) in [6.45, 7) is 1.39. The van der Waals surface area contributed by atoms with Gasteiger partial charge >= 0.3 is 5.69 Å². The molecule has 0 saturated carbocycles. The molecule has 9 heteroatoms. The van der Waals surface area contributed by atoms with Crippen LogP contribution in [-0.4, -0.2) is 42.8 Å². The number of hydrogen-bond acceptors (Lipinski definition) is 5. The topological polar surface area (TPSA) is 79.0 Å². The van der Waals surface area contributed by atoms with Crippen molar-refractivity contribution >= 4 is 45.3 Å². The Kier molecular flexibility index (Phi) is 4.78. The summed E-state index contributed by atoms with van der Waals surface area (Å²) in [7, 11) is -0.897. The molecule has 7 nitrogen and oxygen atoms in total. The van der Waals surface area contributed by atoms with Crippen molar-refractivity contribution in [2.45, 2.75) is 12.6 Å². The van der Waals surface area contributed by atoms with Crippen molar-refractivity contribution in [2.24, 2.45) is 0 Å². The Labute approximate surface area is 170 Å². The van der Waals surface area contributed by atoms with Crippen LogP contribution >= 0.6 is 7.78 Å². The van der Waals surface area contributed by atoms with E-state index in [1.54, 1.807) is 27.8 Å². The fraction of sp³-hybridized carbons (Fsp3) is 0.250. The number of hydrogen-bond donors (Lipinski definition) is 0. The second kappa shape index (κ2) is 7.44. The Hall–Kier alpha value is -2.41. The summed E-state index contributed by atoms with van der Waals surface area (Å²) in [5, 5.41) is 2.99. The van der Waals surface area contributed by atoms with Crippen molar-refractivity contribution in [1.82, 2.24) is 19.1 Å². The summed E-state index contributed by atoms with van der Waals surface area (Å²) in [4.78, 5) is 22.2. The Morgan fingerprint density at radius 2 is 2.03 bits per heavy atom. The molecule has 1 aliphatic rings. The van der Waals surface area contributed by atoms with E-state index >= 15 is 0 Å². The number of benzene rings is 1. The van der Waals surface area contributed by atoms with Gasteiger partial charge in [0.1, 0.15) is 0 Å². The summed E-state index contributed by atoms with van der Waals surface area (Å²) < 4.78 is 20.9. The van der Waals surface area contributed by atoms with Crippen molar-refractivity contribution < 1.29 is 8.95 Å². The van der Waals surface area contributed by atoms with Crippen LogP contribution in [0.3, 0.4) is 0 Å². The van der Waals surface area contributed by atoms with Gasteiger partial charge in [-0.2, -0.15) is 0 Å². The van der Waals surface area contributed by atoms with E-state index < -0.39 is 10.4 Å². The van der Waals surface area contributed by atoms with E-state index in [1.165, 1.54) is 0 Å². The lowest BCUT2D eigenvalue weighted by molar-refractivity contribution is -0.0231. The lowest BCUT2D eigenvalue weighted by Crippen LogP contribution is -2.38. The van der Waals surface area contributed by atoms with E-state index in [1.807, 2.05) is 36.5 Å². The first kappa shape index (κ1) is 18.6. The number of rotatable bonds is 5. The summed E-state index contributed by atoms with van der Waals surface area (Å²) in [5.74, 6) is 0. The maximum absolute atomic E-state index is 13.3. The van der Waals surface area contributed by atoms with Crippen LogP contribution in [0.1, 0.15) is 11.7 Å². The van der Waals surface area contributed by atoms with Gasteiger partial charge in [-0.1, -0.05) is 24.3 Å². The summed E-state index contributed by atoms with van der Waals surface area (Å²) in [6.07, 6.45) is 6.93. The van der Waals surface area contributed by atoms with Gasteiger partial charge in [-0.25, -0.2) is 4.79 Å². The smallest absolute Gasteiger partial charge is 0.329 e. The number of pyridine rings is 2. The van der Waals surface area contributed by atoms with Crippen LogP contribution in [0.4, 0.5) is 0 Å². The number of fused-ring (bicyclic) bond motifs is 2. The highest BCUT2D eigenvalue weighted by Crippen LogP contribution is 2.26. The predicted octanol–water partition coefficient (Wildman–Crippen LogP) is 1.96. The van der Waals surface area contributed by atoms with Crippen molar-refractivity contribution in [3.05, 3.63) is 65.1 Å². The zero-order chi connectivity index (χ0) is 20.0. The van der Waals surface area contributed by atoms with Crippen molar-refractivity contribution in [3.63, 3.8) is 0 Å². The molecule has 1 aliphatic heterocycles. The van der Waals surface area contributed by atoms with Crippen LogP contribution in [-0.2, 0) is 21.7 Å². The highest BCUT2D eigenvalue weighted by atomic mass is 32.7. The van der Waals surface area contributed by atoms with Gasteiger partial charge in [-0.15, -0.1) is 0 Å². The van der Waals surface area contributed by atoms with Gasteiger partial charge in [-0.3, -0.25) is 23.3 Å². The quantitative estimate of drug-likeness (QED) is 0.456. The molecule has 2 unspecified atom stereocenters. The molecule has 1 saturated heterocycles. The Morgan fingerprint density at radius 3 is 2.79 bits per heavy atom. The lowest BCUT2D eigenvalue weighted by atomic mass is 10.1. The molecule has 1 fully saturated rings. The van der Waals surface area contributed by atoms with Gasteiger partial charge < -0.3 is 4.74 Å². The van der Waals surface area contributed by atoms with Gasteiger partial charge in [0, 0.05) is 47.5 Å². The third-order valence-corrected chi connectivity index (χ3v) is 7.71. The van der Waals surface area contributed by atoms with Crippen LogP contribution in [0.25, 0.3) is 21.8 Å². The number of nitrogens with zero attached hydrogens (tertiary/aromatic N) is 4. The molecule has 29 heavy (non-hydrogen) atoms. The van der Waals surface area contributed by atoms with Gasteiger partial charge in [0.05, 0.1) is 48.7 Å². The largest absolute Gasteiger partial charge is 0.377 e. The van der Waals surface area contributed by atoms with Crippen molar-refractivity contribution in [3.8, 4) is 0 Å². The van der Waals surface area contributed by atoms with E-state index in [9.17, 15) is 9.00 Å². The molecular weight excluding hydrogens is 407 g/mol. The van der Waals surface area contributed by atoms with Crippen LogP contribution in [0, 0.1) is 0 Å². The molecule has 0 radical (unpaired) electrons. The standard InChI is InChI=1S/C20H19N4O3PS/c1-29(26)28-19-15-5-3-2-4-13(15)8-22-16(19)10-23-18-9-21-7-6-17(18)24(20(23)25)14-11-27-12-14/h2-9,14,28H,10-12H2,1H3. The molecule has 148 valence electrons. The van der Waals surface area contributed by atoms with E-state index in [0.717, 1.165) is 32.8 Å². The van der Waals surface area contributed by atoms with Crippen LogP contribution in [0.15, 0.2) is 53.7 Å². The van der Waals surface area contributed by atoms with Crippen molar-refractivity contribution in [2.75, 3.05) is 19.5 Å². The summed E-state index contributed by atoms with van der Waals surface area (Å²) in [6, 6.07) is 9.86. The molecule has 0 N–H and O–H groups in total. The third kappa shape index (κ3) is 3.21. The monoisotopic (exact) mass is 426 g/mol. The zero-order valence-electron chi connectivity index (χ0n) is 15.7. The maximum atomic E-state index is 13.3. The van der Waals surface area contributed by atoms with Crippen LogP contribution in [0.5, 0.6) is 0 Å². The van der Waals surface area contributed by atoms with E-state index in [-0.39, 0.29) is 19.5 Å². The van der Waals surface area contributed by atoms with Crippen molar-refractivity contribution in [1.29, 1.82) is 0 Å². The van der Waals surface area contributed by atoms with Gasteiger partial charge in [0.15, 0.2) is 0 Å². The van der Waals surface area contributed by atoms with E-state index in [0.29, 0.717) is 19.8 Å². The van der Waals surface area contributed by atoms with Gasteiger partial charge in [-0.05, 0) is 11.5 Å². The molecule has 4 aromatic rings. The lowest BCUT2D eigenvalue weighted by Gasteiger charge is -2.27. The fourth-order valence-electron chi connectivity index (χ4n) is 3.74. The van der Waals surface area contributed by atoms with Gasteiger partial charge in [0.25, 0.3) is 0 Å². The van der Waals surface area contributed by atoms with Crippen LogP contribution < -0.4 is 11.0 Å².